The molecule has 0 aliphatic heterocycles. The van der Waals surface area contributed by atoms with Gasteiger partial charge in [-0.3, -0.25) is 0 Å². The molecule has 0 aliphatic rings. The molecule has 14 heavy (non-hydrogen) atoms. The molecule has 0 heterocycles. The van der Waals surface area contributed by atoms with Crippen LogP contribution in [0.2, 0.25) is 0 Å². The van der Waals surface area contributed by atoms with Crippen LogP contribution in [0.1, 0.15) is 5.56 Å². The minimum atomic E-state index is 0.220. The van der Waals surface area contributed by atoms with Crippen LogP contribution in [0.3, 0.4) is 0 Å². The highest BCUT2D eigenvalue weighted by molar-refractivity contribution is 9.11. The van der Waals surface area contributed by atoms with Gasteiger partial charge >= 0.3 is 0 Å². The molecule has 1 aromatic rings. The van der Waals surface area contributed by atoms with Gasteiger partial charge in [0.1, 0.15) is 11.5 Å². The Balaban J connectivity index is 3.36. The van der Waals surface area contributed by atoms with Crippen molar-refractivity contribution in [1.82, 2.24) is 0 Å². The molecule has 0 bridgehead atoms. The first-order chi connectivity index (χ1) is 6.61. The summed E-state index contributed by atoms with van der Waals surface area (Å²) < 4.78 is 6.53. The van der Waals surface area contributed by atoms with Crippen molar-refractivity contribution in [3.63, 3.8) is 0 Å². The summed E-state index contributed by atoms with van der Waals surface area (Å²) in [7, 11) is 1.58. The highest BCUT2D eigenvalue weighted by Gasteiger charge is 2.13. The van der Waals surface area contributed by atoms with Crippen molar-refractivity contribution in [2.45, 2.75) is 6.42 Å². The standard InChI is InChI=1S/C10H10Br2O2/c1-3-4-6-9(12)8(14-2)5-7(11)10(6)13/h3,5,13H,1,4H2,2H3. The lowest BCUT2D eigenvalue weighted by Crippen LogP contribution is -1.91. The van der Waals surface area contributed by atoms with Crippen LogP contribution in [-0.4, -0.2) is 12.2 Å². The molecule has 0 fully saturated rings. The molecule has 1 N–H and O–H groups in total. The third-order valence-electron chi connectivity index (χ3n) is 1.82. The van der Waals surface area contributed by atoms with E-state index in [1.54, 1.807) is 19.3 Å². The van der Waals surface area contributed by atoms with Gasteiger partial charge in [-0.25, -0.2) is 0 Å². The van der Waals surface area contributed by atoms with Gasteiger partial charge in [0.15, 0.2) is 0 Å². The first-order valence-corrected chi connectivity index (χ1v) is 5.55. The second kappa shape index (κ2) is 4.84. The predicted molar refractivity (Wildman–Crippen MR) is 64.0 cm³/mol. The molecule has 0 aliphatic carbocycles. The fourth-order valence-electron chi connectivity index (χ4n) is 1.12. The molecule has 0 aromatic heterocycles. The molecule has 0 atom stereocenters. The van der Waals surface area contributed by atoms with E-state index in [4.69, 9.17) is 4.74 Å². The van der Waals surface area contributed by atoms with Crippen molar-refractivity contribution in [2.24, 2.45) is 0 Å². The monoisotopic (exact) mass is 320 g/mol. The average Bonchev–Trinajstić information content (AvgIpc) is 2.18. The fourth-order valence-corrected chi connectivity index (χ4v) is 2.20. The summed E-state index contributed by atoms with van der Waals surface area (Å²) in [6.45, 7) is 3.64. The van der Waals surface area contributed by atoms with Crippen LogP contribution in [0, 0.1) is 0 Å². The molecule has 1 aromatic carbocycles. The van der Waals surface area contributed by atoms with Gasteiger partial charge in [-0.2, -0.15) is 0 Å². The molecule has 0 saturated carbocycles. The summed E-state index contributed by atoms with van der Waals surface area (Å²) in [6.07, 6.45) is 2.31. The largest absolute Gasteiger partial charge is 0.506 e. The van der Waals surface area contributed by atoms with Gasteiger partial charge in [-0.15, -0.1) is 6.58 Å². The quantitative estimate of drug-likeness (QED) is 0.861. The van der Waals surface area contributed by atoms with E-state index in [1.165, 1.54) is 0 Å². The Morgan fingerprint density at radius 1 is 1.57 bits per heavy atom. The topological polar surface area (TPSA) is 29.5 Å². The summed E-state index contributed by atoms with van der Waals surface area (Å²) >= 11 is 6.63. The normalized spacial score (nSPS) is 9.93. The van der Waals surface area contributed by atoms with Crippen LogP contribution in [0.5, 0.6) is 11.5 Å². The summed E-state index contributed by atoms with van der Waals surface area (Å²) in [5.41, 5.74) is 0.770. The maximum Gasteiger partial charge on any atom is 0.134 e. The number of halogens is 2. The lowest BCUT2D eigenvalue weighted by molar-refractivity contribution is 0.407. The number of allylic oxidation sites excluding steroid dienone is 1. The van der Waals surface area contributed by atoms with Crippen LogP contribution in [0.15, 0.2) is 27.7 Å². The van der Waals surface area contributed by atoms with Gasteiger partial charge in [0.25, 0.3) is 0 Å². The van der Waals surface area contributed by atoms with E-state index in [2.05, 4.69) is 38.4 Å². The first-order valence-electron chi connectivity index (χ1n) is 3.96. The van der Waals surface area contributed by atoms with E-state index in [0.717, 1.165) is 10.0 Å². The van der Waals surface area contributed by atoms with Crippen molar-refractivity contribution in [3.05, 3.63) is 33.2 Å². The minimum Gasteiger partial charge on any atom is -0.506 e. The second-order valence-electron chi connectivity index (χ2n) is 2.69. The first kappa shape index (κ1) is 11.6. The summed E-state index contributed by atoms with van der Waals surface area (Å²) in [5, 5.41) is 9.75. The van der Waals surface area contributed by atoms with Crippen LogP contribution >= 0.6 is 31.9 Å². The molecular weight excluding hydrogens is 312 g/mol. The molecule has 0 amide bonds. The zero-order valence-electron chi connectivity index (χ0n) is 7.68. The van der Waals surface area contributed by atoms with E-state index < -0.39 is 0 Å². The lowest BCUT2D eigenvalue weighted by atomic mass is 10.1. The van der Waals surface area contributed by atoms with E-state index in [9.17, 15) is 5.11 Å². The van der Waals surface area contributed by atoms with Crippen molar-refractivity contribution < 1.29 is 9.84 Å². The van der Waals surface area contributed by atoms with Crippen molar-refractivity contribution in [3.8, 4) is 11.5 Å². The molecule has 2 nitrogen and oxygen atoms in total. The van der Waals surface area contributed by atoms with Gasteiger partial charge in [0.05, 0.1) is 16.1 Å². The van der Waals surface area contributed by atoms with E-state index in [-0.39, 0.29) is 5.75 Å². The van der Waals surface area contributed by atoms with E-state index in [1.807, 2.05) is 0 Å². The third-order valence-corrected chi connectivity index (χ3v) is 3.29. The van der Waals surface area contributed by atoms with Crippen LogP contribution in [0.4, 0.5) is 0 Å². The van der Waals surface area contributed by atoms with Crippen LogP contribution in [0.25, 0.3) is 0 Å². The Kier molecular flexibility index (Phi) is 4.01. The summed E-state index contributed by atoms with van der Waals surface area (Å²) in [6, 6.07) is 1.71. The predicted octanol–water partition coefficient (Wildman–Crippen LogP) is 3.65. The minimum absolute atomic E-state index is 0.220. The van der Waals surface area contributed by atoms with Gasteiger partial charge in [0.2, 0.25) is 0 Å². The van der Waals surface area contributed by atoms with Crippen LogP contribution < -0.4 is 4.74 Å². The third kappa shape index (κ3) is 2.12. The number of phenols is 1. The second-order valence-corrected chi connectivity index (χ2v) is 4.34. The van der Waals surface area contributed by atoms with Gasteiger partial charge < -0.3 is 9.84 Å². The molecule has 76 valence electrons. The number of phenolic OH excluding ortho intramolecular Hbond substituents is 1. The smallest absolute Gasteiger partial charge is 0.134 e. The maximum absolute atomic E-state index is 9.75. The van der Waals surface area contributed by atoms with Gasteiger partial charge in [-0.1, -0.05) is 6.08 Å². The number of ether oxygens (including phenoxy) is 1. The summed E-state index contributed by atoms with van der Waals surface area (Å²) in [5.74, 6) is 0.907. The fraction of sp³-hybridized carbons (Fsp3) is 0.200. The van der Waals surface area contributed by atoms with Crippen LogP contribution in [-0.2, 0) is 6.42 Å². The number of rotatable bonds is 3. The Morgan fingerprint density at radius 3 is 2.71 bits per heavy atom. The summed E-state index contributed by atoms with van der Waals surface area (Å²) in [4.78, 5) is 0. The molecular formula is C10H10Br2O2. The lowest BCUT2D eigenvalue weighted by Gasteiger charge is -2.11. The van der Waals surface area contributed by atoms with Crippen molar-refractivity contribution >= 4 is 31.9 Å². The molecule has 0 unspecified atom stereocenters. The Hall–Kier alpha value is -0.480. The number of aromatic hydroxyl groups is 1. The molecule has 0 saturated heterocycles. The number of benzene rings is 1. The molecule has 4 heteroatoms. The van der Waals surface area contributed by atoms with Crippen molar-refractivity contribution in [1.29, 1.82) is 0 Å². The molecule has 0 radical (unpaired) electrons. The van der Waals surface area contributed by atoms with E-state index >= 15 is 0 Å². The highest BCUT2D eigenvalue weighted by Crippen LogP contribution is 2.40. The number of hydrogen-bond donors (Lipinski definition) is 1. The number of methoxy groups -OCH3 is 1. The molecule has 1 rings (SSSR count). The van der Waals surface area contributed by atoms with Crippen molar-refractivity contribution in [2.75, 3.05) is 7.11 Å². The Labute approximate surface area is 99.8 Å². The van der Waals surface area contributed by atoms with Gasteiger partial charge in [-0.05, 0) is 44.3 Å². The number of hydrogen-bond acceptors (Lipinski definition) is 2. The SMILES string of the molecule is C=CCc1c(O)c(Br)cc(OC)c1Br. The van der Waals surface area contributed by atoms with Gasteiger partial charge in [0, 0.05) is 5.56 Å². The Bertz CT molecular complexity index is 362. The average molecular weight is 322 g/mol. The zero-order valence-corrected chi connectivity index (χ0v) is 10.9. The zero-order chi connectivity index (χ0) is 10.7. The van der Waals surface area contributed by atoms with E-state index in [0.29, 0.717) is 16.6 Å². The highest BCUT2D eigenvalue weighted by atomic mass is 79.9. The Morgan fingerprint density at radius 2 is 2.21 bits per heavy atom. The molecule has 0 spiro atoms. The maximum atomic E-state index is 9.75.